The molecule has 2 heteroatoms. The van der Waals surface area contributed by atoms with Crippen LogP contribution in [-0.2, 0) is 11.4 Å². The zero-order valence-corrected chi connectivity index (χ0v) is 14.5. The molecular formula is C22H27NO. The summed E-state index contributed by atoms with van der Waals surface area (Å²) in [6.45, 7) is 6.88. The second-order valence-corrected chi connectivity index (χ2v) is 6.89. The van der Waals surface area contributed by atoms with Gasteiger partial charge in [-0.1, -0.05) is 66.7 Å². The molecule has 0 N–H and O–H groups in total. The van der Waals surface area contributed by atoms with Crippen LogP contribution in [0.15, 0.2) is 73.3 Å². The van der Waals surface area contributed by atoms with Crippen molar-refractivity contribution in [2.75, 3.05) is 0 Å². The predicted octanol–water partition coefficient (Wildman–Crippen LogP) is 5.68. The van der Waals surface area contributed by atoms with Gasteiger partial charge in [-0.3, -0.25) is 4.84 Å². The summed E-state index contributed by atoms with van der Waals surface area (Å²) >= 11 is 0. The predicted molar refractivity (Wildman–Crippen MR) is 99.3 cm³/mol. The molecule has 0 spiro atoms. The van der Waals surface area contributed by atoms with E-state index in [1.165, 1.54) is 17.5 Å². The highest BCUT2D eigenvalue weighted by molar-refractivity contribution is 5.20. The maximum absolute atomic E-state index is 6.39. The van der Waals surface area contributed by atoms with Crippen molar-refractivity contribution in [3.05, 3.63) is 84.4 Å². The third-order valence-corrected chi connectivity index (χ3v) is 4.99. The Labute approximate surface area is 145 Å². The molecular weight excluding hydrogens is 294 g/mol. The normalized spacial score (nSPS) is 24.6. The Hall–Kier alpha value is -1.90. The van der Waals surface area contributed by atoms with E-state index in [4.69, 9.17) is 4.84 Å². The van der Waals surface area contributed by atoms with Gasteiger partial charge in [0.25, 0.3) is 0 Å². The zero-order chi connectivity index (χ0) is 16.8. The van der Waals surface area contributed by atoms with Gasteiger partial charge in [0, 0.05) is 5.54 Å². The lowest BCUT2D eigenvalue weighted by Gasteiger charge is -2.48. The molecule has 0 amide bonds. The molecule has 0 aromatic heterocycles. The molecule has 1 aliphatic rings. The second kappa shape index (κ2) is 7.78. The van der Waals surface area contributed by atoms with Crippen LogP contribution >= 0.6 is 0 Å². The van der Waals surface area contributed by atoms with Gasteiger partial charge >= 0.3 is 0 Å². The smallest absolute Gasteiger partial charge is 0.0936 e. The van der Waals surface area contributed by atoms with Gasteiger partial charge in [0.15, 0.2) is 0 Å². The third kappa shape index (κ3) is 3.77. The number of nitrogens with zero attached hydrogens (tertiary/aromatic N) is 1. The molecule has 2 aromatic carbocycles. The summed E-state index contributed by atoms with van der Waals surface area (Å²) in [6.07, 6.45) is 6.44. The summed E-state index contributed by atoms with van der Waals surface area (Å²) in [5, 5.41) is 2.25. The van der Waals surface area contributed by atoms with Crippen molar-refractivity contribution in [2.24, 2.45) is 0 Å². The van der Waals surface area contributed by atoms with E-state index in [1.54, 1.807) is 0 Å². The lowest BCUT2D eigenvalue weighted by molar-refractivity contribution is -0.268. The lowest BCUT2D eigenvalue weighted by atomic mass is 9.82. The van der Waals surface area contributed by atoms with E-state index in [-0.39, 0.29) is 5.54 Å². The summed E-state index contributed by atoms with van der Waals surface area (Å²) in [5.41, 5.74) is 2.53. The number of hydrogen-bond acceptors (Lipinski definition) is 2. The average Bonchev–Trinajstić information content (AvgIpc) is 2.62. The molecule has 126 valence electrons. The highest BCUT2D eigenvalue weighted by Crippen LogP contribution is 2.42. The van der Waals surface area contributed by atoms with Gasteiger partial charge in [0.1, 0.15) is 0 Å². The van der Waals surface area contributed by atoms with Crippen molar-refractivity contribution in [3.8, 4) is 0 Å². The Morgan fingerprint density at radius 3 is 2.46 bits per heavy atom. The van der Waals surface area contributed by atoms with Gasteiger partial charge in [0.2, 0.25) is 0 Å². The molecule has 0 radical (unpaired) electrons. The van der Waals surface area contributed by atoms with Crippen molar-refractivity contribution in [1.29, 1.82) is 0 Å². The highest BCUT2D eigenvalue weighted by atomic mass is 16.7. The van der Waals surface area contributed by atoms with Gasteiger partial charge in [0.05, 0.1) is 12.6 Å². The fraction of sp³-hybridized carbons (Fsp3) is 0.364. The van der Waals surface area contributed by atoms with Crippen LogP contribution in [0, 0.1) is 0 Å². The van der Waals surface area contributed by atoms with Crippen LogP contribution in [0.4, 0.5) is 0 Å². The molecule has 0 bridgehead atoms. The summed E-state index contributed by atoms with van der Waals surface area (Å²) in [4.78, 5) is 6.39. The number of piperidine rings is 1. The zero-order valence-electron chi connectivity index (χ0n) is 14.5. The van der Waals surface area contributed by atoms with E-state index in [0.717, 1.165) is 19.3 Å². The van der Waals surface area contributed by atoms with Crippen LogP contribution in [0.3, 0.4) is 0 Å². The molecule has 2 atom stereocenters. The summed E-state index contributed by atoms with van der Waals surface area (Å²) < 4.78 is 0. The van der Waals surface area contributed by atoms with Crippen molar-refractivity contribution < 1.29 is 4.84 Å². The van der Waals surface area contributed by atoms with E-state index < -0.39 is 0 Å². The first-order valence-electron chi connectivity index (χ1n) is 8.85. The fourth-order valence-corrected chi connectivity index (χ4v) is 3.72. The maximum Gasteiger partial charge on any atom is 0.0936 e. The van der Waals surface area contributed by atoms with Gasteiger partial charge in [-0.25, -0.2) is 0 Å². The van der Waals surface area contributed by atoms with Crippen molar-refractivity contribution in [3.63, 3.8) is 0 Å². The van der Waals surface area contributed by atoms with Gasteiger partial charge in [-0.15, -0.1) is 6.58 Å². The van der Waals surface area contributed by atoms with Gasteiger partial charge in [-0.2, -0.15) is 5.06 Å². The van der Waals surface area contributed by atoms with Crippen LogP contribution in [0.2, 0.25) is 0 Å². The minimum absolute atomic E-state index is 0.00467. The Balaban J connectivity index is 1.84. The lowest BCUT2D eigenvalue weighted by Crippen LogP contribution is -2.50. The molecule has 1 fully saturated rings. The number of benzene rings is 2. The largest absolute Gasteiger partial charge is 0.293 e. The number of rotatable bonds is 6. The van der Waals surface area contributed by atoms with E-state index in [2.05, 4.69) is 73.2 Å². The van der Waals surface area contributed by atoms with Crippen LogP contribution < -0.4 is 0 Å². The van der Waals surface area contributed by atoms with E-state index in [1.807, 2.05) is 12.1 Å². The first kappa shape index (κ1) is 16.9. The molecule has 0 saturated carbocycles. The van der Waals surface area contributed by atoms with E-state index in [9.17, 15) is 0 Å². The summed E-state index contributed by atoms with van der Waals surface area (Å²) in [5.74, 6) is 0. The fourth-order valence-electron chi connectivity index (χ4n) is 3.72. The van der Waals surface area contributed by atoms with Gasteiger partial charge in [-0.05, 0) is 43.7 Å². The quantitative estimate of drug-likeness (QED) is 0.635. The summed E-state index contributed by atoms with van der Waals surface area (Å²) in [7, 11) is 0. The summed E-state index contributed by atoms with van der Waals surface area (Å²) in [6, 6.07) is 21.4. The molecule has 2 nitrogen and oxygen atoms in total. The second-order valence-electron chi connectivity index (χ2n) is 6.89. The molecule has 1 saturated heterocycles. The minimum atomic E-state index is -0.00467. The first-order chi connectivity index (χ1) is 11.7. The van der Waals surface area contributed by atoms with Crippen LogP contribution in [-0.4, -0.2) is 10.6 Å². The number of hydroxylamine groups is 2. The molecule has 3 rings (SSSR count). The Morgan fingerprint density at radius 2 is 1.79 bits per heavy atom. The van der Waals surface area contributed by atoms with E-state index in [0.29, 0.717) is 12.6 Å². The van der Waals surface area contributed by atoms with Crippen molar-refractivity contribution >= 4 is 0 Å². The van der Waals surface area contributed by atoms with Crippen molar-refractivity contribution in [1.82, 2.24) is 5.06 Å². The van der Waals surface area contributed by atoms with Crippen molar-refractivity contribution in [2.45, 2.75) is 50.8 Å². The first-order valence-corrected chi connectivity index (χ1v) is 8.85. The van der Waals surface area contributed by atoms with E-state index >= 15 is 0 Å². The highest BCUT2D eigenvalue weighted by Gasteiger charge is 2.40. The Morgan fingerprint density at radius 1 is 1.12 bits per heavy atom. The third-order valence-electron chi connectivity index (χ3n) is 4.99. The monoisotopic (exact) mass is 321 g/mol. The standard InChI is InChI=1S/C22H27NO/c1-3-16-22(2)17-10-15-21(20-13-8-5-9-14-20)23(22)24-18-19-11-6-4-7-12-19/h3-9,11-14,21H,1,10,15-18H2,2H3/t21-,22+/m1/s1. The van der Waals surface area contributed by atoms with Gasteiger partial charge < -0.3 is 0 Å². The Bertz CT molecular complexity index is 640. The average molecular weight is 321 g/mol. The molecule has 2 aromatic rings. The SMILES string of the molecule is C=CC[C@@]1(C)CCC[C@H](c2ccccc2)N1OCc1ccccc1. The molecule has 0 unspecified atom stereocenters. The minimum Gasteiger partial charge on any atom is -0.293 e. The molecule has 1 aliphatic heterocycles. The topological polar surface area (TPSA) is 12.5 Å². The van der Waals surface area contributed by atoms with Crippen LogP contribution in [0.25, 0.3) is 0 Å². The van der Waals surface area contributed by atoms with Crippen LogP contribution in [0.5, 0.6) is 0 Å². The van der Waals surface area contributed by atoms with Crippen LogP contribution in [0.1, 0.15) is 49.8 Å². The molecule has 0 aliphatic carbocycles. The number of hydrogen-bond donors (Lipinski definition) is 0. The molecule has 1 heterocycles. The maximum atomic E-state index is 6.39. The Kier molecular flexibility index (Phi) is 5.49. The molecule has 24 heavy (non-hydrogen) atoms.